The van der Waals surface area contributed by atoms with Crippen molar-refractivity contribution in [3.05, 3.63) is 81.5 Å². The zero-order valence-electron chi connectivity index (χ0n) is 27.1. The summed E-state index contributed by atoms with van der Waals surface area (Å²) >= 11 is 14.2. The third-order valence-electron chi connectivity index (χ3n) is 8.83. The highest BCUT2D eigenvalue weighted by Crippen LogP contribution is 2.43. The van der Waals surface area contributed by atoms with Gasteiger partial charge in [0.25, 0.3) is 0 Å². The summed E-state index contributed by atoms with van der Waals surface area (Å²) in [5.74, 6) is 1.04. The summed E-state index contributed by atoms with van der Waals surface area (Å²) in [4.78, 5) is 34.9. The fraction of sp³-hybridized carbons (Fsp3) is 0.333. The molecular formula is C36H37Cl2N5O5. The van der Waals surface area contributed by atoms with Crippen molar-refractivity contribution < 1.29 is 23.8 Å². The topological polar surface area (TPSA) is 115 Å². The van der Waals surface area contributed by atoms with Crippen LogP contribution in [0.3, 0.4) is 0 Å². The number of carbonyl (C=O) groups is 2. The Bertz CT molecular complexity index is 1830. The van der Waals surface area contributed by atoms with Crippen molar-refractivity contribution >= 4 is 35.1 Å². The van der Waals surface area contributed by atoms with E-state index in [1.165, 1.54) is 7.11 Å². The number of rotatable bonds is 11. The smallest absolute Gasteiger partial charge is 0.319 e. The maximum atomic E-state index is 11.9. The van der Waals surface area contributed by atoms with Crippen molar-refractivity contribution in [3.63, 3.8) is 0 Å². The van der Waals surface area contributed by atoms with Crippen LogP contribution in [0.4, 0.5) is 0 Å². The molecule has 4 heterocycles. The molecule has 2 aliphatic rings. The maximum Gasteiger partial charge on any atom is 0.319 e. The van der Waals surface area contributed by atoms with Crippen LogP contribution >= 0.6 is 23.2 Å². The highest BCUT2D eigenvalue weighted by molar-refractivity contribution is 6.39. The van der Waals surface area contributed by atoms with Crippen LogP contribution in [0.1, 0.15) is 29.5 Å². The molecule has 1 saturated heterocycles. The van der Waals surface area contributed by atoms with Crippen LogP contribution in [-0.4, -0.2) is 73.7 Å². The molecule has 2 aromatic heterocycles. The average Bonchev–Trinajstić information content (AvgIpc) is 3.52. The zero-order valence-corrected chi connectivity index (χ0v) is 28.6. The van der Waals surface area contributed by atoms with Crippen LogP contribution < -0.4 is 20.1 Å². The third kappa shape index (κ3) is 7.12. The quantitative estimate of drug-likeness (QED) is 0.191. The number of nitrogens with one attached hydrogen (secondary N) is 2. The van der Waals surface area contributed by atoms with E-state index in [9.17, 15) is 9.59 Å². The molecule has 0 bridgehead atoms. The molecule has 0 radical (unpaired) electrons. The summed E-state index contributed by atoms with van der Waals surface area (Å²) in [7, 11) is 4.63. The number of aromatic nitrogens is 2. The second-order valence-electron chi connectivity index (χ2n) is 11.8. The number of esters is 1. The van der Waals surface area contributed by atoms with E-state index < -0.39 is 0 Å². The Labute approximate surface area is 289 Å². The van der Waals surface area contributed by atoms with E-state index in [0.29, 0.717) is 65.7 Å². The number of hydrogen-bond acceptors (Lipinski definition) is 9. The van der Waals surface area contributed by atoms with Gasteiger partial charge in [-0.05, 0) is 42.7 Å². The molecule has 0 aliphatic carbocycles. The second kappa shape index (κ2) is 14.9. The van der Waals surface area contributed by atoms with Gasteiger partial charge in [0, 0.05) is 78.2 Å². The van der Waals surface area contributed by atoms with Crippen LogP contribution in [0.5, 0.6) is 11.6 Å². The average molecular weight is 691 g/mol. The molecule has 0 saturated carbocycles. The summed E-state index contributed by atoms with van der Waals surface area (Å²) in [6.07, 6.45) is 3.87. The molecule has 2 aromatic carbocycles. The molecule has 4 aromatic rings. The van der Waals surface area contributed by atoms with Crippen molar-refractivity contribution in [2.24, 2.45) is 0 Å². The van der Waals surface area contributed by atoms with Crippen molar-refractivity contribution in [2.45, 2.75) is 38.4 Å². The number of carbonyl (C=O) groups excluding carboxylic acids is 2. The fourth-order valence-electron chi connectivity index (χ4n) is 6.32. The standard InChI is InChI=1S/C36H37Cl2N5O5/c1-46-30-16-23(15-21-12-14-43(19-28(21)30)20-32(45)47-2)35-34(38)26(11-13-40-35)25-5-4-6-27(33(25)37)29-9-7-22(36(42-29)48-3)17-39-18-24-8-10-31(44)41-24/h4-7,9,11,13,15-16,24,39H,8,10,12,14,17-20H2,1-3H3,(H,41,44)/t24-/m1/s1. The minimum Gasteiger partial charge on any atom is -0.496 e. The zero-order chi connectivity index (χ0) is 33.8. The first kappa shape index (κ1) is 33.7. The van der Waals surface area contributed by atoms with Crippen molar-refractivity contribution in [1.82, 2.24) is 25.5 Å². The SMILES string of the molecule is COC(=O)CN1CCc2cc(-c3nccc(-c4cccc(-c5ccc(CNC[C@H]6CCC(=O)N6)c(OC)n5)c4Cl)c3Cl)cc(OC)c2C1. The van der Waals surface area contributed by atoms with E-state index in [2.05, 4.69) is 21.7 Å². The minimum atomic E-state index is -0.267. The van der Waals surface area contributed by atoms with Crippen molar-refractivity contribution in [2.75, 3.05) is 41.0 Å². The molecule has 6 rings (SSSR count). The van der Waals surface area contributed by atoms with Crippen LogP contribution in [0.15, 0.2) is 54.7 Å². The van der Waals surface area contributed by atoms with Crippen LogP contribution in [0, 0.1) is 0 Å². The summed E-state index contributed by atoms with van der Waals surface area (Å²) in [5, 5.41) is 7.33. The summed E-state index contributed by atoms with van der Waals surface area (Å²) in [6.45, 7) is 2.74. The summed E-state index contributed by atoms with van der Waals surface area (Å²) in [6, 6.07) is 15.7. The molecule has 1 atom stereocenters. The Morgan fingerprint density at radius 1 is 1.02 bits per heavy atom. The predicted molar refractivity (Wildman–Crippen MR) is 185 cm³/mol. The van der Waals surface area contributed by atoms with Gasteiger partial charge in [0.05, 0.1) is 49.3 Å². The molecule has 1 amide bonds. The first-order valence-electron chi connectivity index (χ1n) is 15.8. The van der Waals surface area contributed by atoms with Crippen LogP contribution in [0.2, 0.25) is 10.0 Å². The highest BCUT2D eigenvalue weighted by atomic mass is 35.5. The van der Waals surface area contributed by atoms with Crippen LogP contribution in [0.25, 0.3) is 33.6 Å². The van der Waals surface area contributed by atoms with Crippen molar-refractivity contribution in [3.8, 4) is 45.3 Å². The molecule has 48 heavy (non-hydrogen) atoms. The monoisotopic (exact) mass is 689 g/mol. The van der Waals surface area contributed by atoms with Gasteiger partial charge >= 0.3 is 5.97 Å². The molecule has 1 fully saturated rings. The molecule has 10 nitrogen and oxygen atoms in total. The normalized spacial score (nSPS) is 15.9. The van der Waals surface area contributed by atoms with E-state index in [1.807, 2.05) is 47.4 Å². The van der Waals surface area contributed by atoms with Crippen LogP contribution in [-0.2, 0) is 33.8 Å². The van der Waals surface area contributed by atoms with Gasteiger partial charge < -0.3 is 24.8 Å². The Morgan fingerprint density at radius 2 is 1.83 bits per heavy atom. The van der Waals surface area contributed by atoms with E-state index in [1.54, 1.807) is 20.4 Å². The van der Waals surface area contributed by atoms with Gasteiger partial charge in [-0.15, -0.1) is 0 Å². The van der Waals surface area contributed by atoms with Gasteiger partial charge in [-0.25, -0.2) is 4.98 Å². The van der Waals surface area contributed by atoms with Gasteiger partial charge in [0.2, 0.25) is 11.8 Å². The van der Waals surface area contributed by atoms with Gasteiger partial charge in [-0.1, -0.05) is 47.5 Å². The van der Waals surface area contributed by atoms with E-state index in [0.717, 1.165) is 51.8 Å². The molecule has 12 heteroatoms. The van der Waals surface area contributed by atoms with E-state index in [-0.39, 0.29) is 24.5 Å². The maximum absolute atomic E-state index is 11.9. The predicted octanol–water partition coefficient (Wildman–Crippen LogP) is 5.70. The number of nitrogens with zero attached hydrogens (tertiary/aromatic N) is 3. The van der Waals surface area contributed by atoms with Gasteiger partial charge in [0.1, 0.15) is 5.75 Å². The van der Waals surface area contributed by atoms with Crippen molar-refractivity contribution in [1.29, 1.82) is 0 Å². The molecule has 0 unspecified atom stereocenters. The minimum absolute atomic E-state index is 0.0962. The Hall–Kier alpha value is -4.22. The number of hydrogen-bond donors (Lipinski definition) is 2. The number of ether oxygens (including phenoxy) is 3. The second-order valence-corrected chi connectivity index (χ2v) is 12.6. The summed E-state index contributed by atoms with van der Waals surface area (Å²) in [5.41, 5.74) is 7.39. The lowest BCUT2D eigenvalue weighted by Gasteiger charge is -2.29. The number of fused-ring (bicyclic) bond motifs is 1. The molecule has 2 N–H and O–H groups in total. The molecular weight excluding hydrogens is 653 g/mol. The Balaban J connectivity index is 1.26. The van der Waals surface area contributed by atoms with Gasteiger partial charge in [-0.2, -0.15) is 0 Å². The summed E-state index contributed by atoms with van der Waals surface area (Å²) < 4.78 is 16.3. The number of pyridine rings is 2. The lowest BCUT2D eigenvalue weighted by molar-refractivity contribution is -0.142. The van der Waals surface area contributed by atoms with Gasteiger partial charge in [-0.3, -0.25) is 19.5 Å². The number of amides is 1. The van der Waals surface area contributed by atoms with E-state index in [4.69, 9.17) is 42.4 Å². The first-order chi connectivity index (χ1) is 23.3. The first-order valence-corrected chi connectivity index (χ1v) is 16.5. The Kier molecular flexibility index (Phi) is 10.5. The number of benzene rings is 2. The Morgan fingerprint density at radius 3 is 2.58 bits per heavy atom. The lowest BCUT2D eigenvalue weighted by Crippen LogP contribution is -2.35. The lowest BCUT2D eigenvalue weighted by atomic mass is 9.94. The van der Waals surface area contributed by atoms with E-state index >= 15 is 0 Å². The van der Waals surface area contributed by atoms with Gasteiger partial charge in [0.15, 0.2) is 0 Å². The third-order valence-corrected chi connectivity index (χ3v) is 9.62. The molecule has 250 valence electrons. The number of halogens is 2. The number of methoxy groups -OCH3 is 3. The highest BCUT2D eigenvalue weighted by Gasteiger charge is 2.25. The molecule has 2 aliphatic heterocycles. The fourth-order valence-corrected chi connectivity index (χ4v) is 6.97. The molecule has 0 spiro atoms. The largest absolute Gasteiger partial charge is 0.496 e.